The summed E-state index contributed by atoms with van der Waals surface area (Å²) in [6, 6.07) is 11.7. The van der Waals surface area contributed by atoms with E-state index in [1.54, 1.807) is 12.1 Å². The molecule has 1 fully saturated rings. The Bertz CT molecular complexity index is 777. The summed E-state index contributed by atoms with van der Waals surface area (Å²) in [6.45, 7) is 1.77. The summed E-state index contributed by atoms with van der Waals surface area (Å²) < 4.78 is 24.6. The third-order valence-electron chi connectivity index (χ3n) is 4.54. The van der Waals surface area contributed by atoms with Gasteiger partial charge in [-0.1, -0.05) is 12.1 Å². The van der Waals surface area contributed by atoms with Gasteiger partial charge in [-0.2, -0.15) is 0 Å². The molecule has 2 aromatic carbocycles. The third kappa shape index (κ3) is 2.70. The lowest BCUT2D eigenvalue weighted by molar-refractivity contribution is 0.0734. The van der Waals surface area contributed by atoms with E-state index in [2.05, 4.69) is 0 Å². The van der Waals surface area contributed by atoms with Crippen molar-refractivity contribution in [2.24, 2.45) is 0 Å². The number of carbonyl (C=O) groups excluding carboxylic acids is 1. The minimum absolute atomic E-state index is 0.0170. The van der Waals surface area contributed by atoms with Gasteiger partial charge in [-0.15, -0.1) is 0 Å². The van der Waals surface area contributed by atoms with Gasteiger partial charge in [0.25, 0.3) is 5.91 Å². The van der Waals surface area contributed by atoms with Crippen LogP contribution in [-0.2, 0) is 0 Å². The van der Waals surface area contributed by atoms with E-state index < -0.39 is 5.82 Å². The lowest BCUT2D eigenvalue weighted by Gasteiger charge is -2.27. The van der Waals surface area contributed by atoms with Gasteiger partial charge in [0.1, 0.15) is 19.0 Å². The zero-order chi connectivity index (χ0) is 16.5. The van der Waals surface area contributed by atoms with Crippen LogP contribution in [0.5, 0.6) is 11.5 Å². The lowest BCUT2D eigenvalue weighted by atomic mass is 10.0. The number of nitrogens with zero attached hydrogens (tertiary/aromatic N) is 1. The molecule has 0 N–H and O–H groups in total. The van der Waals surface area contributed by atoms with Crippen LogP contribution in [0.4, 0.5) is 4.39 Å². The molecule has 1 atom stereocenters. The summed E-state index contributed by atoms with van der Waals surface area (Å²) in [4.78, 5) is 14.6. The normalized spacial score (nSPS) is 19.4. The average Bonchev–Trinajstić information content (AvgIpc) is 3.10. The number of hydrogen-bond donors (Lipinski definition) is 0. The molecule has 0 radical (unpaired) electrons. The van der Waals surface area contributed by atoms with E-state index in [9.17, 15) is 9.18 Å². The van der Waals surface area contributed by atoms with Gasteiger partial charge >= 0.3 is 0 Å². The molecule has 4 rings (SSSR count). The molecular weight excluding hydrogens is 309 g/mol. The first-order valence-corrected chi connectivity index (χ1v) is 8.18. The molecule has 0 aromatic heterocycles. The van der Waals surface area contributed by atoms with E-state index in [-0.39, 0.29) is 11.9 Å². The van der Waals surface area contributed by atoms with Crippen LogP contribution < -0.4 is 9.47 Å². The number of likely N-dealkylation sites (tertiary alicyclic amines) is 1. The topological polar surface area (TPSA) is 38.8 Å². The number of carbonyl (C=O) groups is 1. The summed E-state index contributed by atoms with van der Waals surface area (Å²) >= 11 is 0. The molecule has 2 aliphatic rings. The molecule has 0 unspecified atom stereocenters. The quantitative estimate of drug-likeness (QED) is 0.846. The van der Waals surface area contributed by atoms with Crippen molar-refractivity contribution in [3.05, 3.63) is 59.4 Å². The Balaban J connectivity index is 1.62. The van der Waals surface area contributed by atoms with E-state index in [0.29, 0.717) is 25.3 Å². The highest BCUT2D eigenvalue weighted by Crippen LogP contribution is 2.38. The fourth-order valence-corrected chi connectivity index (χ4v) is 3.41. The van der Waals surface area contributed by atoms with E-state index in [4.69, 9.17) is 9.47 Å². The van der Waals surface area contributed by atoms with Crippen LogP contribution in [0.3, 0.4) is 0 Å². The minimum atomic E-state index is -0.393. The molecule has 0 spiro atoms. The predicted octanol–water partition coefficient (Wildman–Crippen LogP) is 3.57. The fourth-order valence-electron chi connectivity index (χ4n) is 3.41. The SMILES string of the molecule is O=C(c1cccc(F)c1)N1CCC[C@H]1c1ccc2c(c1)OCCO2. The molecule has 2 heterocycles. The maximum atomic E-state index is 13.4. The van der Waals surface area contributed by atoms with Crippen molar-refractivity contribution < 1.29 is 18.7 Å². The molecule has 24 heavy (non-hydrogen) atoms. The van der Waals surface area contributed by atoms with Gasteiger partial charge in [-0.05, 0) is 48.7 Å². The standard InChI is InChI=1S/C19H18FNO3/c20-15-4-1-3-14(11-15)19(22)21-8-2-5-16(21)13-6-7-17-18(12-13)24-10-9-23-17/h1,3-4,6-7,11-12,16H,2,5,8-10H2/t16-/m0/s1. The second kappa shape index (κ2) is 6.15. The van der Waals surface area contributed by atoms with Crippen LogP contribution in [0.2, 0.25) is 0 Å². The van der Waals surface area contributed by atoms with Crippen molar-refractivity contribution in [1.29, 1.82) is 0 Å². The largest absolute Gasteiger partial charge is 0.486 e. The Morgan fingerprint density at radius 3 is 2.75 bits per heavy atom. The monoisotopic (exact) mass is 327 g/mol. The predicted molar refractivity (Wildman–Crippen MR) is 86.8 cm³/mol. The highest BCUT2D eigenvalue weighted by molar-refractivity contribution is 5.94. The van der Waals surface area contributed by atoms with Crippen LogP contribution in [0.15, 0.2) is 42.5 Å². The van der Waals surface area contributed by atoms with Crippen molar-refractivity contribution >= 4 is 5.91 Å². The number of hydrogen-bond acceptors (Lipinski definition) is 3. The molecular formula is C19H18FNO3. The Morgan fingerprint density at radius 2 is 1.92 bits per heavy atom. The number of fused-ring (bicyclic) bond motifs is 1. The molecule has 5 heteroatoms. The first kappa shape index (κ1) is 15.0. The van der Waals surface area contributed by atoms with Gasteiger partial charge in [0.05, 0.1) is 6.04 Å². The molecule has 2 aliphatic heterocycles. The molecule has 0 aliphatic carbocycles. The van der Waals surface area contributed by atoms with E-state index in [0.717, 1.165) is 29.9 Å². The van der Waals surface area contributed by atoms with E-state index in [1.165, 1.54) is 12.1 Å². The van der Waals surface area contributed by atoms with E-state index in [1.807, 2.05) is 23.1 Å². The molecule has 4 nitrogen and oxygen atoms in total. The van der Waals surface area contributed by atoms with Gasteiger partial charge in [-0.25, -0.2) is 4.39 Å². The zero-order valence-corrected chi connectivity index (χ0v) is 13.2. The van der Waals surface area contributed by atoms with Crippen molar-refractivity contribution in [2.45, 2.75) is 18.9 Å². The Kier molecular flexibility index (Phi) is 3.84. The fraction of sp³-hybridized carbons (Fsp3) is 0.316. The summed E-state index contributed by atoms with van der Waals surface area (Å²) in [5, 5.41) is 0. The van der Waals surface area contributed by atoms with Gasteiger partial charge < -0.3 is 14.4 Å². The summed E-state index contributed by atoms with van der Waals surface area (Å²) in [6.07, 6.45) is 1.82. The van der Waals surface area contributed by atoms with Crippen LogP contribution >= 0.6 is 0 Å². The highest BCUT2D eigenvalue weighted by atomic mass is 19.1. The molecule has 1 amide bonds. The minimum Gasteiger partial charge on any atom is -0.486 e. The third-order valence-corrected chi connectivity index (χ3v) is 4.54. The van der Waals surface area contributed by atoms with Gasteiger partial charge in [0, 0.05) is 12.1 Å². The van der Waals surface area contributed by atoms with Crippen molar-refractivity contribution in [3.63, 3.8) is 0 Å². The van der Waals surface area contributed by atoms with Crippen molar-refractivity contribution in [3.8, 4) is 11.5 Å². The summed E-state index contributed by atoms with van der Waals surface area (Å²) in [5.74, 6) is 0.942. The highest BCUT2D eigenvalue weighted by Gasteiger charge is 2.31. The van der Waals surface area contributed by atoms with Crippen LogP contribution in [0.25, 0.3) is 0 Å². The van der Waals surface area contributed by atoms with Gasteiger partial charge in [0.2, 0.25) is 0 Å². The average molecular weight is 327 g/mol. The maximum absolute atomic E-state index is 13.4. The van der Waals surface area contributed by atoms with Gasteiger partial charge in [-0.3, -0.25) is 4.79 Å². The van der Waals surface area contributed by atoms with Crippen molar-refractivity contribution in [2.75, 3.05) is 19.8 Å². The summed E-state index contributed by atoms with van der Waals surface area (Å²) in [5.41, 5.74) is 1.42. The molecule has 1 saturated heterocycles. The number of rotatable bonds is 2. The Hall–Kier alpha value is -2.56. The molecule has 124 valence electrons. The number of amides is 1. The maximum Gasteiger partial charge on any atom is 0.254 e. The first-order chi connectivity index (χ1) is 11.7. The molecule has 2 aromatic rings. The second-order valence-corrected chi connectivity index (χ2v) is 6.07. The number of halogens is 1. The molecule has 0 bridgehead atoms. The zero-order valence-electron chi connectivity index (χ0n) is 13.2. The first-order valence-electron chi connectivity index (χ1n) is 8.18. The van der Waals surface area contributed by atoms with Crippen molar-refractivity contribution in [1.82, 2.24) is 4.90 Å². The smallest absolute Gasteiger partial charge is 0.254 e. The molecule has 0 saturated carbocycles. The van der Waals surface area contributed by atoms with Gasteiger partial charge in [0.15, 0.2) is 11.5 Å². The van der Waals surface area contributed by atoms with E-state index >= 15 is 0 Å². The van der Waals surface area contributed by atoms with Crippen LogP contribution in [0, 0.1) is 5.82 Å². The summed E-state index contributed by atoms with van der Waals surface area (Å²) in [7, 11) is 0. The number of ether oxygens (including phenoxy) is 2. The Labute approximate surface area is 139 Å². The van der Waals surface area contributed by atoms with Crippen LogP contribution in [-0.4, -0.2) is 30.6 Å². The number of benzene rings is 2. The lowest BCUT2D eigenvalue weighted by Crippen LogP contribution is -2.30. The second-order valence-electron chi connectivity index (χ2n) is 6.07. The van der Waals surface area contributed by atoms with Crippen LogP contribution in [0.1, 0.15) is 34.8 Å². The Morgan fingerprint density at radius 1 is 1.08 bits per heavy atom.